The second-order valence-corrected chi connectivity index (χ2v) is 5.74. The maximum Gasteiger partial charge on any atom is 0.231 e. The average Bonchev–Trinajstić information content (AvgIpc) is 3.02. The summed E-state index contributed by atoms with van der Waals surface area (Å²) in [5.41, 5.74) is 1.33. The molecule has 2 heterocycles. The van der Waals surface area contributed by atoms with Crippen molar-refractivity contribution in [3.8, 4) is 11.3 Å². The SMILES string of the molecule is CC1(C(=O)Nc2cccc(-c3cnco3)c2)CCCNC1. The molecule has 1 aliphatic heterocycles. The molecule has 110 valence electrons. The minimum Gasteiger partial charge on any atom is -0.444 e. The number of benzene rings is 1. The van der Waals surface area contributed by atoms with Gasteiger partial charge in [-0.2, -0.15) is 0 Å². The predicted octanol–water partition coefficient (Wildman–Crippen LogP) is 2.67. The summed E-state index contributed by atoms with van der Waals surface area (Å²) in [5, 5.41) is 6.31. The Balaban J connectivity index is 1.76. The van der Waals surface area contributed by atoms with Crippen molar-refractivity contribution in [3.63, 3.8) is 0 Å². The minimum atomic E-state index is -0.347. The van der Waals surface area contributed by atoms with Gasteiger partial charge in [-0.3, -0.25) is 4.79 Å². The highest BCUT2D eigenvalue weighted by atomic mass is 16.3. The van der Waals surface area contributed by atoms with Gasteiger partial charge in [-0.25, -0.2) is 4.98 Å². The zero-order valence-electron chi connectivity index (χ0n) is 12.1. The van der Waals surface area contributed by atoms with E-state index < -0.39 is 0 Å². The van der Waals surface area contributed by atoms with Crippen molar-refractivity contribution in [1.29, 1.82) is 0 Å². The first-order chi connectivity index (χ1) is 10.2. The van der Waals surface area contributed by atoms with Crippen LogP contribution in [0, 0.1) is 5.41 Å². The second kappa shape index (κ2) is 5.69. The first kappa shape index (κ1) is 13.8. The molecule has 0 spiro atoms. The topological polar surface area (TPSA) is 67.2 Å². The molecule has 5 heteroatoms. The molecule has 3 rings (SSSR count). The normalized spacial score (nSPS) is 22.0. The molecule has 1 fully saturated rings. The molecule has 1 saturated heterocycles. The fourth-order valence-electron chi connectivity index (χ4n) is 2.64. The highest BCUT2D eigenvalue weighted by molar-refractivity contribution is 5.95. The molecule has 5 nitrogen and oxygen atoms in total. The molecule has 2 aromatic rings. The Morgan fingerprint density at radius 1 is 1.48 bits per heavy atom. The molecule has 1 aromatic heterocycles. The first-order valence-corrected chi connectivity index (χ1v) is 7.18. The molecule has 0 aliphatic carbocycles. The maximum absolute atomic E-state index is 12.5. The Labute approximate surface area is 123 Å². The Morgan fingerprint density at radius 3 is 3.10 bits per heavy atom. The molecule has 1 aromatic carbocycles. The predicted molar refractivity (Wildman–Crippen MR) is 80.8 cm³/mol. The number of hydrogen-bond donors (Lipinski definition) is 2. The van der Waals surface area contributed by atoms with E-state index in [1.54, 1.807) is 6.20 Å². The van der Waals surface area contributed by atoms with Crippen LogP contribution >= 0.6 is 0 Å². The molecule has 1 aliphatic rings. The van der Waals surface area contributed by atoms with Gasteiger partial charge < -0.3 is 15.1 Å². The Hall–Kier alpha value is -2.14. The largest absolute Gasteiger partial charge is 0.444 e. The van der Waals surface area contributed by atoms with Crippen LogP contribution in [-0.4, -0.2) is 24.0 Å². The summed E-state index contributed by atoms with van der Waals surface area (Å²) < 4.78 is 5.28. The van der Waals surface area contributed by atoms with E-state index in [9.17, 15) is 4.79 Å². The van der Waals surface area contributed by atoms with Gasteiger partial charge in [0, 0.05) is 17.8 Å². The molecule has 0 radical (unpaired) electrons. The van der Waals surface area contributed by atoms with Crippen LogP contribution in [0.15, 0.2) is 41.3 Å². The third-order valence-electron chi connectivity index (χ3n) is 3.98. The standard InChI is InChI=1S/C16H19N3O2/c1-16(6-3-7-17-10-16)15(20)19-13-5-2-4-12(8-13)14-9-18-11-21-14/h2,4-5,8-9,11,17H,3,6-7,10H2,1H3,(H,19,20). The zero-order valence-corrected chi connectivity index (χ0v) is 12.1. The van der Waals surface area contributed by atoms with Crippen molar-refractivity contribution >= 4 is 11.6 Å². The molecule has 1 amide bonds. The van der Waals surface area contributed by atoms with Gasteiger partial charge in [0.1, 0.15) is 0 Å². The number of piperidine rings is 1. The van der Waals surface area contributed by atoms with Gasteiger partial charge >= 0.3 is 0 Å². The van der Waals surface area contributed by atoms with Crippen LogP contribution in [0.5, 0.6) is 0 Å². The smallest absolute Gasteiger partial charge is 0.231 e. The van der Waals surface area contributed by atoms with Crippen LogP contribution in [0.25, 0.3) is 11.3 Å². The van der Waals surface area contributed by atoms with E-state index in [1.807, 2.05) is 31.2 Å². The van der Waals surface area contributed by atoms with Crippen LogP contribution in [-0.2, 0) is 4.79 Å². The number of nitrogens with one attached hydrogen (secondary N) is 2. The number of carbonyl (C=O) groups excluding carboxylic acids is 1. The van der Waals surface area contributed by atoms with E-state index in [4.69, 9.17) is 4.42 Å². The van der Waals surface area contributed by atoms with Crippen LogP contribution in [0.4, 0.5) is 5.69 Å². The molecule has 1 atom stereocenters. The number of anilines is 1. The van der Waals surface area contributed by atoms with Gasteiger partial charge in [0.15, 0.2) is 12.2 Å². The number of rotatable bonds is 3. The second-order valence-electron chi connectivity index (χ2n) is 5.74. The Kier molecular flexibility index (Phi) is 3.75. The van der Waals surface area contributed by atoms with Crippen molar-refractivity contribution in [3.05, 3.63) is 36.9 Å². The lowest BCUT2D eigenvalue weighted by molar-refractivity contribution is -0.125. The van der Waals surface area contributed by atoms with E-state index in [1.165, 1.54) is 6.39 Å². The number of oxazole rings is 1. The lowest BCUT2D eigenvalue weighted by Gasteiger charge is -2.32. The van der Waals surface area contributed by atoms with Gasteiger partial charge in [-0.1, -0.05) is 12.1 Å². The maximum atomic E-state index is 12.5. The highest BCUT2D eigenvalue weighted by Gasteiger charge is 2.34. The van der Waals surface area contributed by atoms with Crippen LogP contribution in [0.2, 0.25) is 0 Å². The van der Waals surface area contributed by atoms with Crippen LogP contribution in [0.3, 0.4) is 0 Å². The first-order valence-electron chi connectivity index (χ1n) is 7.18. The molecular weight excluding hydrogens is 266 g/mol. The number of amides is 1. The van der Waals surface area contributed by atoms with E-state index in [2.05, 4.69) is 15.6 Å². The van der Waals surface area contributed by atoms with Gasteiger partial charge in [-0.15, -0.1) is 0 Å². The summed E-state index contributed by atoms with van der Waals surface area (Å²) in [5.74, 6) is 0.751. The summed E-state index contributed by atoms with van der Waals surface area (Å²) in [6, 6.07) is 7.62. The molecule has 2 N–H and O–H groups in total. The molecular formula is C16H19N3O2. The highest BCUT2D eigenvalue weighted by Crippen LogP contribution is 2.28. The summed E-state index contributed by atoms with van der Waals surface area (Å²) in [4.78, 5) is 16.4. The van der Waals surface area contributed by atoms with Crippen molar-refractivity contribution in [2.45, 2.75) is 19.8 Å². The Bertz CT molecular complexity index is 616. The fourth-order valence-corrected chi connectivity index (χ4v) is 2.64. The van der Waals surface area contributed by atoms with Gasteiger partial charge in [-0.05, 0) is 38.4 Å². The van der Waals surface area contributed by atoms with E-state index >= 15 is 0 Å². The zero-order chi connectivity index (χ0) is 14.7. The van der Waals surface area contributed by atoms with Gasteiger partial charge in [0.2, 0.25) is 5.91 Å². The van der Waals surface area contributed by atoms with Crippen LogP contribution in [0.1, 0.15) is 19.8 Å². The Morgan fingerprint density at radius 2 is 2.38 bits per heavy atom. The molecule has 0 bridgehead atoms. The van der Waals surface area contributed by atoms with E-state index in [-0.39, 0.29) is 11.3 Å². The number of carbonyl (C=O) groups is 1. The summed E-state index contributed by atoms with van der Waals surface area (Å²) >= 11 is 0. The third-order valence-corrected chi connectivity index (χ3v) is 3.98. The number of nitrogens with zero attached hydrogens (tertiary/aromatic N) is 1. The summed E-state index contributed by atoms with van der Waals surface area (Å²) in [6.07, 6.45) is 5.00. The number of hydrogen-bond acceptors (Lipinski definition) is 4. The minimum absolute atomic E-state index is 0.0596. The van der Waals surface area contributed by atoms with Gasteiger partial charge in [0.05, 0.1) is 11.6 Å². The monoisotopic (exact) mass is 285 g/mol. The number of aromatic nitrogens is 1. The van der Waals surface area contributed by atoms with Crippen molar-refractivity contribution in [2.75, 3.05) is 18.4 Å². The van der Waals surface area contributed by atoms with Crippen molar-refractivity contribution < 1.29 is 9.21 Å². The molecule has 21 heavy (non-hydrogen) atoms. The van der Waals surface area contributed by atoms with Gasteiger partial charge in [0.25, 0.3) is 0 Å². The third kappa shape index (κ3) is 2.97. The summed E-state index contributed by atoms with van der Waals surface area (Å²) in [6.45, 7) is 3.72. The molecule has 0 saturated carbocycles. The van der Waals surface area contributed by atoms with E-state index in [0.29, 0.717) is 5.76 Å². The van der Waals surface area contributed by atoms with E-state index in [0.717, 1.165) is 37.2 Å². The lowest BCUT2D eigenvalue weighted by atomic mass is 9.82. The van der Waals surface area contributed by atoms with Crippen LogP contribution < -0.4 is 10.6 Å². The lowest BCUT2D eigenvalue weighted by Crippen LogP contribution is -2.46. The fraction of sp³-hybridized carbons (Fsp3) is 0.375. The van der Waals surface area contributed by atoms with Crippen molar-refractivity contribution in [1.82, 2.24) is 10.3 Å². The quantitative estimate of drug-likeness (QED) is 0.910. The molecule has 1 unspecified atom stereocenters. The summed E-state index contributed by atoms with van der Waals surface area (Å²) in [7, 11) is 0. The van der Waals surface area contributed by atoms with Crippen molar-refractivity contribution in [2.24, 2.45) is 5.41 Å². The average molecular weight is 285 g/mol.